The summed E-state index contributed by atoms with van der Waals surface area (Å²) in [4.78, 5) is 5.62. The first-order valence-corrected chi connectivity index (χ1v) is 9.89. The average Bonchev–Trinajstić information content (AvgIpc) is 3.19. The first-order chi connectivity index (χ1) is 13.0. The second-order valence-electron chi connectivity index (χ2n) is 6.70. The Balaban J connectivity index is 1.60. The van der Waals surface area contributed by atoms with Gasteiger partial charge < -0.3 is 11.5 Å². The summed E-state index contributed by atoms with van der Waals surface area (Å²) < 4.78 is 0. The molecule has 0 radical (unpaired) electrons. The zero-order valence-electron chi connectivity index (χ0n) is 14.9. The highest BCUT2D eigenvalue weighted by Gasteiger charge is 2.16. The fraction of sp³-hybridized carbons (Fsp3) is 0.200. The zero-order valence-corrected chi connectivity index (χ0v) is 16.4. The maximum Gasteiger partial charge on any atom is 0.180 e. The molecule has 2 heterocycles. The Morgan fingerprint density at radius 3 is 2.70 bits per heavy atom. The lowest BCUT2D eigenvalue weighted by Gasteiger charge is -2.12. The van der Waals surface area contributed by atoms with Crippen LogP contribution >= 0.6 is 22.9 Å². The van der Waals surface area contributed by atoms with E-state index in [1.807, 2.05) is 37.3 Å². The number of nitrogens with one attached hydrogen (secondary N) is 1. The normalized spacial score (nSPS) is 12.6. The van der Waals surface area contributed by atoms with Gasteiger partial charge in [0.05, 0.1) is 16.1 Å². The molecule has 27 heavy (non-hydrogen) atoms. The van der Waals surface area contributed by atoms with Crippen LogP contribution in [0.3, 0.4) is 0 Å². The quantitative estimate of drug-likeness (QED) is 0.466. The topological polar surface area (TPSA) is 93.6 Å². The highest BCUT2D eigenvalue weighted by atomic mass is 35.5. The van der Waals surface area contributed by atoms with E-state index in [2.05, 4.69) is 27.3 Å². The highest BCUT2D eigenvalue weighted by molar-refractivity contribution is 7.18. The summed E-state index contributed by atoms with van der Waals surface area (Å²) in [6, 6.07) is 13.9. The van der Waals surface area contributed by atoms with E-state index in [-0.39, 0.29) is 6.04 Å². The van der Waals surface area contributed by atoms with Crippen molar-refractivity contribution >= 4 is 39.0 Å². The summed E-state index contributed by atoms with van der Waals surface area (Å²) in [7, 11) is 0. The second kappa shape index (κ2) is 7.31. The number of anilines is 1. The highest BCUT2D eigenvalue weighted by Crippen LogP contribution is 2.34. The lowest BCUT2D eigenvalue weighted by atomic mass is 10.0. The van der Waals surface area contributed by atoms with Crippen LogP contribution < -0.4 is 11.5 Å². The van der Waals surface area contributed by atoms with Crippen molar-refractivity contribution in [3.63, 3.8) is 0 Å². The minimum absolute atomic E-state index is 0.0502. The van der Waals surface area contributed by atoms with Crippen LogP contribution in [0.2, 0.25) is 5.02 Å². The van der Waals surface area contributed by atoms with Crippen molar-refractivity contribution < 1.29 is 0 Å². The van der Waals surface area contributed by atoms with Crippen LogP contribution in [-0.2, 0) is 12.8 Å². The number of H-pyrrole nitrogens is 1. The Morgan fingerprint density at radius 1 is 1.15 bits per heavy atom. The molecule has 2 aromatic carbocycles. The fourth-order valence-electron chi connectivity index (χ4n) is 3.26. The maximum absolute atomic E-state index is 6.41. The van der Waals surface area contributed by atoms with Gasteiger partial charge in [0.1, 0.15) is 0 Å². The van der Waals surface area contributed by atoms with Crippen LogP contribution in [0.15, 0.2) is 42.5 Å². The number of halogens is 1. The molecular weight excluding hydrogens is 378 g/mol. The summed E-state index contributed by atoms with van der Waals surface area (Å²) >= 11 is 7.45. The molecule has 4 aromatic rings. The van der Waals surface area contributed by atoms with E-state index < -0.39 is 0 Å². The van der Waals surface area contributed by atoms with Gasteiger partial charge in [-0.05, 0) is 48.7 Å². The number of benzene rings is 2. The number of nitrogens with zero attached hydrogens (tertiary/aromatic N) is 2. The molecule has 7 heteroatoms. The van der Waals surface area contributed by atoms with Gasteiger partial charge >= 0.3 is 0 Å². The monoisotopic (exact) mass is 397 g/mol. The number of nitrogen functional groups attached to an aromatic ring is 1. The summed E-state index contributed by atoms with van der Waals surface area (Å²) in [6.07, 6.45) is 1.42. The standard InChI is InChI=1S/C20H20ClN5S/c1-11-16-9-13(4-7-17(16)26-25-11)19-18(24-20(23)27-19)10-15(22)8-12-2-5-14(21)6-3-12/h2-7,9,15H,8,10,22H2,1H3,(H2,23,24)(H,25,26)/t15-/m0/s1. The predicted molar refractivity (Wildman–Crippen MR) is 113 cm³/mol. The molecule has 0 amide bonds. The molecule has 0 saturated heterocycles. The van der Waals surface area contributed by atoms with Crippen LogP contribution in [0.4, 0.5) is 5.13 Å². The number of hydrogen-bond acceptors (Lipinski definition) is 5. The molecular formula is C20H20ClN5S. The minimum Gasteiger partial charge on any atom is -0.375 e. The molecule has 138 valence electrons. The zero-order chi connectivity index (χ0) is 19.0. The van der Waals surface area contributed by atoms with Crippen molar-refractivity contribution in [1.29, 1.82) is 0 Å². The van der Waals surface area contributed by atoms with E-state index in [1.165, 1.54) is 11.3 Å². The molecule has 0 spiro atoms. The van der Waals surface area contributed by atoms with Gasteiger partial charge in [-0.2, -0.15) is 5.10 Å². The van der Waals surface area contributed by atoms with Crippen LogP contribution in [0.5, 0.6) is 0 Å². The van der Waals surface area contributed by atoms with Gasteiger partial charge in [0, 0.05) is 28.6 Å². The number of aromatic nitrogens is 3. The SMILES string of the molecule is Cc1[nH]nc2ccc(-c3sc(N)nc3C[C@@H](N)Cc3ccc(Cl)cc3)cc12. The number of aromatic amines is 1. The maximum atomic E-state index is 6.41. The Hall–Kier alpha value is -2.41. The molecule has 5 N–H and O–H groups in total. The molecule has 0 saturated carbocycles. The van der Waals surface area contributed by atoms with Crippen molar-refractivity contribution in [3.05, 3.63) is 64.4 Å². The molecule has 0 unspecified atom stereocenters. The van der Waals surface area contributed by atoms with Crippen molar-refractivity contribution in [3.8, 4) is 10.4 Å². The van der Waals surface area contributed by atoms with E-state index in [1.54, 1.807) is 0 Å². The van der Waals surface area contributed by atoms with E-state index in [4.69, 9.17) is 23.1 Å². The summed E-state index contributed by atoms with van der Waals surface area (Å²) in [5, 5.41) is 9.71. The number of nitrogens with two attached hydrogens (primary N) is 2. The smallest absolute Gasteiger partial charge is 0.180 e. The van der Waals surface area contributed by atoms with E-state index in [0.29, 0.717) is 11.6 Å². The molecule has 4 rings (SSSR count). The average molecular weight is 398 g/mol. The molecule has 0 aliphatic heterocycles. The minimum atomic E-state index is -0.0502. The fourth-order valence-corrected chi connectivity index (χ4v) is 4.24. The Bertz CT molecular complexity index is 1080. The largest absolute Gasteiger partial charge is 0.375 e. The molecule has 5 nitrogen and oxygen atoms in total. The van der Waals surface area contributed by atoms with Crippen molar-refractivity contribution in [2.24, 2.45) is 5.73 Å². The van der Waals surface area contributed by atoms with Crippen molar-refractivity contribution in [2.75, 3.05) is 5.73 Å². The van der Waals surface area contributed by atoms with Gasteiger partial charge in [0.2, 0.25) is 0 Å². The molecule has 0 bridgehead atoms. The van der Waals surface area contributed by atoms with E-state index in [0.717, 1.165) is 49.7 Å². The number of aryl methyl sites for hydroxylation is 1. The summed E-state index contributed by atoms with van der Waals surface area (Å²) in [6.45, 7) is 2.02. The van der Waals surface area contributed by atoms with Crippen LogP contribution in [0.25, 0.3) is 21.3 Å². The lowest BCUT2D eigenvalue weighted by Crippen LogP contribution is -2.25. The van der Waals surface area contributed by atoms with Crippen LogP contribution in [0, 0.1) is 6.92 Å². The number of rotatable bonds is 5. The summed E-state index contributed by atoms with van der Waals surface area (Å²) in [5.41, 5.74) is 17.6. The van der Waals surface area contributed by atoms with Gasteiger partial charge in [-0.15, -0.1) is 0 Å². The number of hydrogen-bond donors (Lipinski definition) is 3. The number of fused-ring (bicyclic) bond motifs is 1. The van der Waals surface area contributed by atoms with Crippen LogP contribution in [-0.4, -0.2) is 21.2 Å². The first-order valence-electron chi connectivity index (χ1n) is 8.70. The molecule has 0 aliphatic carbocycles. The van der Waals surface area contributed by atoms with Gasteiger partial charge in [-0.1, -0.05) is 41.1 Å². The Kier molecular flexibility index (Phi) is 4.86. The third kappa shape index (κ3) is 3.83. The lowest BCUT2D eigenvalue weighted by molar-refractivity contribution is 0.657. The van der Waals surface area contributed by atoms with E-state index >= 15 is 0 Å². The molecule has 1 atom stereocenters. The summed E-state index contributed by atoms with van der Waals surface area (Å²) in [5.74, 6) is 0. The third-order valence-corrected chi connectivity index (χ3v) is 5.82. The molecule has 0 fully saturated rings. The Labute approximate surface area is 166 Å². The van der Waals surface area contributed by atoms with Gasteiger partial charge in [0.25, 0.3) is 0 Å². The van der Waals surface area contributed by atoms with Gasteiger partial charge in [-0.25, -0.2) is 4.98 Å². The van der Waals surface area contributed by atoms with Crippen molar-refractivity contribution in [1.82, 2.24) is 15.2 Å². The molecule has 0 aliphatic rings. The Morgan fingerprint density at radius 2 is 1.93 bits per heavy atom. The van der Waals surface area contributed by atoms with Crippen LogP contribution in [0.1, 0.15) is 17.0 Å². The van der Waals surface area contributed by atoms with Gasteiger partial charge in [-0.3, -0.25) is 5.10 Å². The van der Waals surface area contributed by atoms with E-state index in [9.17, 15) is 0 Å². The number of thiazole rings is 1. The second-order valence-corrected chi connectivity index (χ2v) is 8.17. The van der Waals surface area contributed by atoms with Crippen molar-refractivity contribution in [2.45, 2.75) is 25.8 Å². The first kappa shape index (κ1) is 18.0. The molecule has 2 aromatic heterocycles. The van der Waals surface area contributed by atoms with Gasteiger partial charge in [0.15, 0.2) is 5.13 Å². The third-order valence-electron chi connectivity index (χ3n) is 4.59. The predicted octanol–water partition coefficient (Wildman–Crippen LogP) is 4.34.